The number of hydrogen-bond acceptors (Lipinski definition) is 8. The average Bonchev–Trinajstić information content (AvgIpc) is 3.45. The molecule has 1 aliphatic heterocycles. The van der Waals surface area contributed by atoms with Gasteiger partial charge in [-0.25, -0.2) is 4.98 Å². The van der Waals surface area contributed by atoms with Gasteiger partial charge < -0.3 is 14.6 Å². The molecule has 0 spiro atoms. The summed E-state index contributed by atoms with van der Waals surface area (Å²) in [5, 5.41) is 11.6. The van der Waals surface area contributed by atoms with Gasteiger partial charge in [-0.05, 0) is 66.6 Å². The van der Waals surface area contributed by atoms with Gasteiger partial charge >= 0.3 is 5.91 Å². The quantitative estimate of drug-likeness (QED) is 0.213. The number of anilines is 1. The second-order valence-corrected chi connectivity index (χ2v) is 9.16. The Kier molecular flexibility index (Phi) is 6.39. The van der Waals surface area contributed by atoms with Gasteiger partial charge in [0.05, 0.1) is 35.5 Å². The highest BCUT2D eigenvalue weighted by Crippen LogP contribution is 2.44. The van der Waals surface area contributed by atoms with Crippen molar-refractivity contribution < 1.29 is 24.2 Å². The number of nitrogens with zero attached hydrogens (tertiary/aromatic N) is 3. The van der Waals surface area contributed by atoms with Gasteiger partial charge in [0, 0.05) is 18.0 Å². The van der Waals surface area contributed by atoms with Crippen LogP contribution in [0.5, 0.6) is 11.5 Å². The SMILES string of the molecule is CCCOc1ccc(C(O)=C2C(=O)C(=O)N(c3nc4ccc(OC)cc4s3)C2c2ccncc2)cc1. The summed E-state index contributed by atoms with van der Waals surface area (Å²) in [5.74, 6) is -0.478. The van der Waals surface area contributed by atoms with E-state index >= 15 is 0 Å². The summed E-state index contributed by atoms with van der Waals surface area (Å²) in [6.45, 7) is 2.59. The molecule has 2 aromatic heterocycles. The second kappa shape index (κ2) is 9.79. The van der Waals surface area contributed by atoms with Crippen LogP contribution in [0.2, 0.25) is 0 Å². The standard InChI is InChI=1S/C27H23N3O5S/c1-3-14-35-18-6-4-17(5-7-18)24(31)22-23(16-10-12-28-13-11-16)30(26(33)25(22)32)27-29-20-9-8-19(34-2)15-21(20)36-27/h4-13,15,23,31H,3,14H2,1-2H3. The van der Waals surface area contributed by atoms with Crippen molar-refractivity contribution in [2.75, 3.05) is 18.6 Å². The summed E-state index contributed by atoms with van der Waals surface area (Å²) in [7, 11) is 1.58. The Balaban J connectivity index is 1.63. The summed E-state index contributed by atoms with van der Waals surface area (Å²) in [4.78, 5) is 36.7. The zero-order chi connectivity index (χ0) is 25.2. The number of hydrogen-bond donors (Lipinski definition) is 1. The molecule has 0 aliphatic carbocycles. The van der Waals surface area contributed by atoms with E-state index in [1.807, 2.05) is 13.0 Å². The number of amides is 1. The third kappa shape index (κ3) is 4.18. The number of methoxy groups -OCH3 is 1. The van der Waals surface area contributed by atoms with Crippen molar-refractivity contribution in [1.29, 1.82) is 0 Å². The lowest BCUT2D eigenvalue weighted by Crippen LogP contribution is -2.29. The number of carbonyl (C=O) groups is 2. The van der Waals surface area contributed by atoms with Crippen LogP contribution < -0.4 is 14.4 Å². The van der Waals surface area contributed by atoms with Crippen LogP contribution in [0.3, 0.4) is 0 Å². The molecule has 1 atom stereocenters. The molecular weight excluding hydrogens is 478 g/mol. The minimum Gasteiger partial charge on any atom is -0.507 e. The minimum atomic E-state index is -0.869. The highest BCUT2D eigenvalue weighted by molar-refractivity contribution is 7.22. The van der Waals surface area contributed by atoms with E-state index < -0.39 is 17.7 Å². The van der Waals surface area contributed by atoms with Crippen molar-refractivity contribution in [3.05, 3.63) is 83.7 Å². The Morgan fingerprint density at radius 3 is 2.47 bits per heavy atom. The van der Waals surface area contributed by atoms with Gasteiger partial charge in [0.15, 0.2) is 5.13 Å². The van der Waals surface area contributed by atoms with Gasteiger partial charge in [-0.1, -0.05) is 18.3 Å². The summed E-state index contributed by atoms with van der Waals surface area (Å²) in [5.41, 5.74) is 1.70. The van der Waals surface area contributed by atoms with Gasteiger partial charge in [0.2, 0.25) is 0 Å². The zero-order valence-corrected chi connectivity index (χ0v) is 20.5. The number of ketones is 1. The highest BCUT2D eigenvalue weighted by Gasteiger charge is 2.48. The second-order valence-electron chi connectivity index (χ2n) is 8.15. The average molecular weight is 502 g/mol. The Hall–Kier alpha value is -4.24. The topological polar surface area (TPSA) is 102 Å². The number of aliphatic hydroxyl groups is 1. The minimum absolute atomic E-state index is 0.00902. The van der Waals surface area contributed by atoms with E-state index in [9.17, 15) is 14.7 Å². The zero-order valence-electron chi connectivity index (χ0n) is 19.7. The number of carbonyl (C=O) groups excluding carboxylic acids is 2. The number of aliphatic hydroxyl groups excluding tert-OH is 1. The number of benzene rings is 2. The molecule has 36 heavy (non-hydrogen) atoms. The lowest BCUT2D eigenvalue weighted by molar-refractivity contribution is -0.132. The van der Waals surface area contributed by atoms with Gasteiger partial charge in [-0.3, -0.25) is 19.5 Å². The Labute approximate surface area is 211 Å². The maximum absolute atomic E-state index is 13.3. The van der Waals surface area contributed by atoms with Gasteiger partial charge in [0.25, 0.3) is 5.78 Å². The lowest BCUT2D eigenvalue weighted by atomic mass is 9.96. The first kappa shape index (κ1) is 23.5. The van der Waals surface area contributed by atoms with E-state index in [-0.39, 0.29) is 11.3 Å². The van der Waals surface area contributed by atoms with Crippen LogP contribution in [-0.2, 0) is 9.59 Å². The monoisotopic (exact) mass is 501 g/mol. The molecule has 0 radical (unpaired) electrons. The van der Waals surface area contributed by atoms with Gasteiger partial charge in [-0.2, -0.15) is 0 Å². The van der Waals surface area contributed by atoms with Crippen molar-refractivity contribution in [2.45, 2.75) is 19.4 Å². The molecule has 1 unspecified atom stereocenters. The molecule has 3 heterocycles. The number of ether oxygens (including phenoxy) is 2. The number of thiazole rings is 1. The van der Waals surface area contributed by atoms with Crippen LogP contribution in [0.25, 0.3) is 16.0 Å². The molecular formula is C27H23N3O5S. The lowest BCUT2D eigenvalue weighted by Gasteiger charge is -2.22. The molecule has 0 saturated carbocycles. The smallest absolute Gasteiger partial charge is 0.301 e. The normalized spacial score (nSPS) is 17.1. The molecule has 5 rings (SSSR count). The van der Waals surface area contributed by atoms with Crippen molar-refractivity contribution in [3.63, 3.8) is 0 Å². The van der Waals surface area contributed by atoms with Crippen LogP contribution in [-0.4, -0.2) is 40.5 Å². The molecule has 0 bridgehead atoms. The first-order valence-corrected chi connectivity index (χ1v) is 12.2. The molecule has 182 valence electrons. The van der Waals surface area contributed by atoms with Crippen LogP contribution in [0, 0.1) is 0 Å². The van der Waals surface area contributed by atoms with E-state index in [2.05, 4.69) is 9.97 Å². The van der Waals surface area contributed by atoms with E-state index in [1.54, 1.807) is 68.0 Å². The third-order valence-electron chi connectivity index (χ3n) is 5.86. The molecule has 1 amide bonds. The summed E-state index contributed by atoms with van der Waals surface area (Å²) < 4.78 is 11.7. The fraction of sp³-hybridized carbons (Fsp3) is 0.185. The van der Waals surface area contributed by atoms with Crippen LogP contribution in [0.15, 0.2) is 72.6 Å². The molecule has 1 saturated heterocycles. The van der Waals surface area contributed by atoms with Crippen molar-refractivity contribution in [1.82, 2.24) is 9.97 Å². The molecule has 8 nitrogen and oxygen atoms in total. The van der Waals surface area contributed by atoms with Gasteiger partial charge in [0.1, 0.15) is 17.3 Å². The molecule has 2 aromatic carbocycles. The fourth-order valence-corrected chi connectivity index (χ4v) is 5.12. The van der Waals surface area contributed by atoms with Crippen LogP contribution in [0.1, 0.15) is 30.5 Å². The third-order valence-corrected chi connectivity index (χ3v) is 6.87. The maximum atomic E-state index is 13.3. The van der Waals surface area contributed by atoms with Crippen molar-refractivity contribution >= 4 is 44.1 Å². The largest absolute Gasteiger partial charge is 0.507 e. The first-order valence-electron chi connectivity index (χ1n) is 11.4. The van der Waals surface area contributed by atoms with Crippen LogP contribution >= 0.6 is 11.3 Å². The van der Waals surface area contributed by atoms with Crippen LogP contribution in [0.4, 0.5) is 5.13 Å². The van der Waals surface area contributed by atoms with E-state index in [0.29, 0.717) is 39.9 Å². The molecule has 1 N–H and O–H groups in total. The van der Waals surface area contributed by atoms with E-state index in [0.717, 1.165) is 11.1 Å². The molecule has 4 aromatic rings. The number of rotatable bonds is 7. The first-order chi connectivity index (χ1) is 17.5. The van der Waals surface area contributed by atoms with E-state index in [4.69, 9.17) is 9.47 Å². The fourth-order valence-electron chi connectivity index (χ4n) is 4.10. The summed E-state index contributed by atoms with van der Waals surface area (Å²) >= 11 is 1.27. The summed E-state index contributed by atoms with van der Waals surface area (Å²) in [6, 6.07) is 14.8. The highest BCUT2D eigenvalue weighted by atomic mass is 32.1. The van der Waals surface area contributed by atoms with Gasteiger partial charge in [-0.15, -0.1) is 0 Å². The number of Topliss-reactive ketones (excluding diaryl/α,β-unsaturated/α-hetero) is 1. The number of aromatic nitrogens is 2. The van der Waals surface area contributed by atoms with E-state index in [1.165, 1.54) is 16.2 Å². The Morgan fingerprint density at radius 2 is 1.78 bits per heavy atom. The summed E-state index contributed by atoms with van der Waals surface area (Å²) in [6.07, 6.45) is 4.03. The predicted octanol–water partition coefficient (Wildman–Crippen LogP) is 5.12. The van der Waals surface area contributed by atoms with Crippen molar-refractivity contribution in [2.24, 2.45) is 0 Å². The number of fused-ring (bicyclic) bond motifs is 1. The predicted molar refractivity (Wildman–Crippen MR) is 137 cm³/mol. The maximum Gasteiger partial charge on any atom is 0.301 e. The molecule has 1 fully saturated rings. The molecule has 9 heteroatoms. The Bertz CT molecular complexity index is 1460. The van der Waals surface area contributed by atoms with Crippen molar-refractivity contribution in [3.8, 4) is 11.5 Å². The molecule has 1 aliphatic rings. The Morgan fingerprint density at radius 1 is 1.06 bits per heavy atom. The number of pyridine rings is 1.